The molecule has 0 saturated carbocycles. The van der Waals surface area contributed by atoms with Gasteiger partial charge in [0.05, 0.1) is 25.4 Å². The first-order chi connectivity index (χ1) is 16.6. The summed E-state index contributed by atoms with van der Waals surface area (Å²) in [6.45, 7) is 5.18. The predicted molar refractivity (Wildman–Crippen MR) is 130 cm³/mol. The van der Waals surface area contributed by atoms with Crippen molar-refractivity contribution in [3.05, 3.63) is 119 Å². The third-order valence-electron chi connectivity index (χ3n) is 7.07. The molecule has 34 heavy (non-hydrogen) atoms. The second-order valence-electron chi connectivity index (χ2n) is 9.78. The Balaban J connectivity index is 1.42. The van der Waals surface area contributed by atoms with Gasteiger partial charge in [-0.1, -0.05) is 97.1 Å². The normalized spacial score (nSPS) is 27.3. The molecule has 2 heterocycles. The van der Waals surface area contributed by atoms with E-state index in [1.807, 2.05) is 32.0 Å². The van der Waals surface area contributed by atoms with Crippen LogP contribution in [-0.2, 0) is 24.5 Å². The molecule has 3 aliphatic rings. The van der Waals surface area contributed by atoms with Gasteiger partial charge in [-0.05, 0) is 36.1 Å². The van der Waals surface area contributed by atoms with E-state index in [-0.39, 0.29) is 24.2 Å². The van der Waals surface area contributed by atoms with Crippen molar-refractivity contribution in [2.24, 2.45) is 5.92 Å². The lowest BCUT2D eigenvalue weighted by Gasteiger charge is -2.36. The molecule has 0 spiro atoms. The van der Waals surface area contributed by atoms with Crippen molar-refractivity contribution >= 4 is 0 Å². The standard InChI is InChI=1S/C30H30O4/c1-29(2)33-27-21(18-25(26-20-31-26)28(27)34-29)19-32-30(22-12-6-3-7-13-22,23-14-8-4-9-15-23)24-16-10-5-11-17-24/h3-18,25-28H,19-20H2,1-2H3/t25-,26?,27+,28-/m0/s1. The largest absolute Gasteiger partial charge is 0.372 e. The number of hydrogen-bond donors (Lipinski definition) is 0. The first-order valence-corrected chi connectivity index (χ1v) is 12.1. The summed E-state index contributed by atoms with van der Waals surface area (Å²) >= 11 is 0. The van der Waals surface area contributed by atoms with Crippen molar-refractivity contribution in [2.75, 3.05) is 13.2 Å². The monoisotopic (exact) mass is 454 g/mol. The number of fused-ring (bicyclic) bond motifs is 1. The van der Waals surface area contributed by atoms with Crippen LogP contribution in [0.25, 0.3) is 0 Å². The Labute approximate surface area is 201 Å². The smallest absolute Gasteiger partial charge is 0.164 e. The molecule has 4 heteroatoms. The highest BCUT2D eigenvalue weighted by atomic mass is 16.8. The van der Waals surface area contributed by atoms with Gasteiger partial charge in [0, 0.05) is 5.92 Å². The second-order valence-corrected chi connectivity index (χ2v) is 9.78. The van der Waals surface area contributed by atoms with Crippen LogP contribution in [0.5, 0.6) is 0 Å². The van der Waals surface area contributed by atoms with E-state index in [2.05, 4.69) is 78.9 Å². The Morgan fingerprint density at radius 2 is 1.29 bits per heavy atom. The van der Waals surface area contributed by atoms with E-state index in [1.165, 1.54) is 0 Å². The van der Waals surface area contributed by atoms with Crippen LogP contribution in [0.2, 0.25) is 0 Å². The molecule has 0 bridgehead atoms. The molecule has 3 aromatic carbocycles. The van der Waals surface area contributed by atoms with Crippen LogP contribution in [-0.4, -0.2) is 37.3 Å². The van der Waals surface area contributed by atoms with E-state index >= 15 is 0 Å². The molecule has 1 unspecified atom stereocenters. The number of epoxide rings is 1. The molecular weight excluding hydrogens is 424 g/mol. The summed E-state index contributed by atoms with van der Waals surface area (Å²) in [5.74, 6) is -0.415. The molecule has 2 aliphatic heterocycles. The summed E-state index contributed by atoms with van der Waals surface area (Å²) in [5.41, 5.74) is 3.64. The first kappa shape index (κ1) is 21.8. The Kier molecular flexibility index (Phi) is 5.42. The summed E-state index contributed by atoms with van der Waals surface area (Å²) in [6, 6.07) is 31.4. The van der Waals surface area contributed by atoms with Crippen LogP contribution in [0.3, 0.4) is 0 Å². The quantitative estimate of drug-likeness (QED) is 0.270. The van der Waals surface area contributed by atoms with Gasteiger partial charge in [0.1, 0.15) is 11.7 Å². The maximum absolute atomic E-state index is 7.05. The zero-order valence-electron chi connectivity index (χ0n) is 19.6. The number of ether oxygens (including phenoxy) is 4. The van der Waals surface area contributed by atoms with Gasteiger partial charge < -0.3 is 18.9 Å². The van der Waals surface area contributed by atoms with Crippen molar-refractivity contribution in [2.45, 2.75) is 43.5 Å². The SMILES string of the molecule is CC1(C)O[C@@H]2[C@H](O1)C(COC(c1ccccc1)(c1ccccc1)c1ccccc1)=C[C@H]2C1CO1. The summed E-state index contributed by atoms with van der Waals surface area (Å²) in [7, 11) is 0. The Bertz CT molecular complexity index is 1060. The second kappa shape index (κ2) is 8.47. The Morgan fingerprint density at radius 1 is 0.794 bits per heavy atom. The van der Waals surface area contributed by atoms with E-state index in [4.69, 9.17) is 18.9 Å². The lowest BCUT2D eigenvalue weighted by Crippen LogP contribution is -2.35. The van der Waals surface area contributed by atoms with Gasteiger partial charge in [0.15, 0.2) is 5.79 Å². The van der Waals surface area contributed by atoms with Gasteiger partial charge >= 0.3 is 0 Å². The van der Waals surface area contributed by atoms with Gasteiger partial charge in [0.2, 0.25) is 0 Å². The average molecular weight is 455 g/mol. The van der Waals surface area contributed by atoms with Crippen LogP contribution in [0, 0.1) is 5.92 Å². The van der Waals surface area contributed by atoms with Crippen molar-refractivity contribution in [3.8, 4) is 0 Å². The molecule has 0 aromatic heterocycles. The van der Waals surface area contributed by atoms with Gasteiger partial charge in [-0.2, -0.15) is 0 Å². The average Bonchev–Trinajstić information content (AvgIpc) is 3.59. The molecule has 2 fully saturated rings. The Morgan fingerprint density at radius 3 is 1.76 bits per heavy atom. The predicted octanol–water partition coefficient (Wildman–Crippen LogP) is 5.47. The van der Waals surface area contributed by atoms with E-state index in [9.17, 15) is 0 Å². The maximum Gasteiger partial charge on any atom is 0.164 e. The molecule has 0 radical (unpaired) electrons. The number of hydrogen-bond acceptors (Lipinski definition) is 4. The summed E-state index contributed by atoms with van der Waals surface area (Å²) in [4.78, 5) is 0. The Hall–Kier alpha value is -2.76. The molecular formula is C30H30O4. The molecule has 174 valence electrons. The fourth-order valence-electron chi connectivity index (χ4n) is 5.48. The van der Waals surface area contributed by atoms with E-state index in [1.54, 1.807) is 0 Å². The van der Waals surface area contributed by atoms with E-state index in [0.29, 0.717) is 6.61 Å². The molecule has 2 saturated heterocycles. The number of rotatable bonds is 7. The van der Waals surface area contributed by atoms with Crippen LogP contribution in [0.1, 0.15) is 30.5 Å². The highest BCUT2D eigenvalue weighted by molar-refractivity contribution is 5.47. The van der Waals surface area contributed by atoms with Crippen LogP contribution in [0.15, 0.2) is 103 Å². The minimum absolute atomic E-state index is 0.0272. The lowest BCUT2D eigenvalue weighted by atomic mass is 9.80. The summed E-state index contributed by atoms with van der Waals surface area (Å²) < 4.78 is 25.3. The third-order valence-corrected chi connectivity index (χ3v) is 7.07. The van der Waals surface area contributed by atoms with Crippen LogP contribution in [0.4, 0.5) is 0 Å². The van der Waals surface area contributed by atoms with Gasteiger partial charge in [-0.15, -0.1) is 0 Å². The molecule has 6 rings (SSSR count). The van der Waals surface area contributed by atoms with Crippen LogP contribution >= 0.6 is 0 Å². The van der Waals surface area contributed by atoms with E-state index < -0.39 is 11.4 Å². The highest BCUT2D eigenvalue weighted by Gasteiger charge is 2.54. The zero-order chi connectivity index (χ0) is 23.2. The summed E-state index contributed by atoms with van der Waals surface area (Å²) in [5, 5.41) is 0. The minimum Gasteiger partial charge on any atom is -0.372 e. The molecule has 1 aliphatic carbocycles. The molecule has 4 nitrogen and oxygen atoms in total. The van der Waals surface area contributed by atoms with Gasteiger partial charge in [0.25, 0.3) is 0 Å². The zero-order valence-corrected chi connectivity index (χ0v) is 19.6. The lowest BCUT2D eigenvalue weighted by molar-refractivity contribution is -0.149. The minimum atomic E-state index is -0.761. The van der Waals surface area contributed by atoms with Crippen molar-refractivity contribution in [3.63, 3.8) is 0 Å². The van der Waals surface area contributed by atoms with Gasteiger partial charge in [-0.3, -0.25) is 0 Å². The number of benzene rings is 3. The third kappa shape index (κ3) is 3.81. The van der Waals surface area contributed by atoms with Gasteiger partial charge in [-0.25, -0.2) is 0 Å². The van der Waals surface area contributed by atoms with Crippen molar-refractivity contribution in [1.29, 1.82) is 0 Å². The molecule has 0 N–H and O–H groups in total. The van der Waals surface area contributed by atoms with Crippen molar-refractivity contribution < 1.29 is 18.9 Å². The maximum atomic E-state index is 7.05. The van der Waals surface area contributed by atoms with Crippen LogP contribution < -0.4 is 0 Å². The molecule has 3 aromatic rings. The summed E-state index contributed by atoms with van der Waals surface area (Å²) in [6.07, 6.45) is 2.34. The fraction of sp³-hybridized carbons (Fsp3) is 0.333. The highest BCUT2D eigenvalue weighted by Crippen LogP contribution is 2.47. The fourth-order valence-corrected chi connectivity index (χ4v) is 5.48. The van der Waals surface area contributed by atoms with E-state index in [0.717, 1.165) is 28.9 Å². The van der Waals surface area contributed by atoms with Crippen molar-refractivity contribution in [1.82, 2.24) is 0 Å². The first-order valence-electron chi connectivity index (χ1n) is 12.1. The topological polar surface area (TPSA) is 40.2 Å². The molecule has 4 atom stereocenters. The molecule has 0 amide bonds.